The molecule has 1 unspecified atom stereocenters. The van der Waals surface area contributed by atoms with E-state index in [4.69, 9.17) is 4.52 Å². The van der Waals surface area contributed by atoms with Crippen molar-refractivity contribution in [2.75, 3.05) is 0 Å². The Labute approximate surface area is 57.5 Å². The third kappa shape index (κ3) is 4.56. The van der Waals surface area contributed by atoms with Gasteiger partial charge >= 0.3 is 8.03 Å². The average molecular weight is 149 g/mol. The zero-order valence-corrected chi connectivity index (χ0v) is 7.31. The first-order valence-corrected chi connectivity index (χ1v) is 4.42. The molecule has 1 atom stereocenters. The van der Waals surface area contributed by atoms with Crippen LogP contribution in [0, 0.1) is 0 Å². The molecule has 0 aliphatic carbocycles. The van der Waals surface area contributed by atoms with Gasteiger partial charge in [-0.05, 0) is 32.3 Å². The van der Waals surface area contributed by atoms with Gasteiger partial charge in [0, 0.05) is 0 Å². The third-order valence-electron chi connectivity index (χ3n) is 0.736. The van der Waals surface area contributed by atoms with Crippen molar-refractivity contribution in [1.82, 2.24) is 0 Å². The van der Waals surface area contributed by atoms with E-state index in [-0.39, 0.29) is 11.8 Å². The zero-order chi connectivity index (χ0) is 7.44. The van der Waals surface area contributed by atoms with Crippen molar-refractivity contribution in [2.24, 2.45) is 0 Å². The van der Waals surface area contributed by atoms with Crippen LogP contribution in [0.25, 0.3) is 0 Å². The summed E-state index contributed by atoms with van der Waals surface area (Å²) in [6, 6.07) is 0. The molecule has 0 heterocycles. The van der Waals surface area contributed by atoms with Crippen molar-refractivity contribution < 1.29 is 9.09 Å². The van der Waals surface area contributed by atoms with E-state index in [0.29, 0.717) is 0 Å². The summed E-state index contributed by atoms with van der Waals surface area (Å²) in [5.41, 5.74) is 0.141. The van der Waals surface area contributed by atoms with E-state index < -0.39 is 8.03 Å². The van der Waals surface area contributed by atoms with E-state index >= 15 is 0 Å². The van der Waals surface area contributed by atoms with Gasteiger partial charge in [-0.15, -0.1) is 4.52 Å². The molecule has 0 aliphatic heterocycles. The largest absolute Gasteiger partial charge is 0.510 e. The highest BCUT2D eigenvalue weighted by Crippen LogP contribution is 2.29. The molecule has 0 aromatic rings. The summed E-state index contributed by atoms with van der Waals surface area (Å²) < 4.78 is 15.9. The van der Waals surface area contributed by atoms with Gasteiger partial charge in [-0.2, -0.15) is 0 Å². The van der Waals surface area contributed by atoms with Crippen LogP contribution >= 0.6 is 8.03 Å². The summed E-state index contributed by atoms with van der Waals surface area (Å²) in [6.45, 7) is 7.55. The van der Waals surface area contributed by atoms with E-state index in [1.54, 1.807) is 0 Å². The van der Waals surface area contributed by atoms with E-state index in [9.17, 15) is 4.57 Å². The second-order valence-electron chi connectivity index (χ2n) is 2.53. The zero-order valence-electron chi connectivity index (χ0n) is 6.42. The van der Waals surface area contributed by atoms with Gasteiger partial charge in [0.15, 0.2) is 5.66 Å². The molecule has 3 heteroatoms. The van der Waals surface area contributed by atoms with E-state index in [1.807, 2.05) is 27.7 Å². The first kappa shape index (κ1) is 9.06. The number of hydrogen-bond donors (Lipinski definition) is 0. The minimum Gasteiger partial charge on any atom is -0.143 e. The fourth-order valence-corrected chi connectivity index (χ4v) is 0.988. The fourth-order valence-electron chi connectivity index (χ4n) is 0.329. The summed E-state index contributed by atoms with van der Waals surface area (Å²) in [5, 5.41) is 0. The van der Waals surface area contributed by atoms with Crippen LogP contribution in [0.1, 0.15) is 27.7 Å². The summed E-state index contributed by atoms with van der Waals surface area (Å²) in [4.78, 5) is 0. The predicted octanol–water partition coefficient (Wildman–Crippen LogP) is 2.56. The molecule has 0 rings (SSSR count). The van der Waals surface area contributed by atoms with E-state index in [0.717, 1.165) is 0 Å². The van der Waals surface area contributed by atoms with Crippen molar-refractivity contribution in [2.45, 2.75) is 39.5 Å². The van der Waals surface area contributed by atoms with E-state index in [2.05, 4.69) is 0 Å². The standard InChI is InChI=1S/C6H14O2P/c1-5(2)8-9(7)6(3)4/h5-6H,1-4H3/q+1. The molecule has 0 bridgehead atoms. The Kier molecular flexibility index (Phi) is 4.00. The lowest BCUT2D eigenvalue weighted by molar-refractivity contribution is 0.253. The molecular formula is C6H14O2P+. The van der Waals surface area contributed by atoms with Crippen LogP contribution in [0.15, 0.2) is 0 Å². The molecule has 0 spiro atoms. The first-order chi connectivity index (χ1) is 4.04. The third-order valence-corrected chi connectivity index (χ3v) is 2.21. The lowest BCUT2D eigenvalue weighted by atomic mass is 10.5. The average Bonchev–Trinajstić information content (AvgIpc) is 1.63. The Morgan fingerprint density at radius 1 is 1.22 bits per heavy atom. The predicted molar refractivity (Wildman–Crippen MR) is 39.0 cm³/mol. The Balaban J connectivity index is 3.51. The molecule has 0 amide bonds. The molecular weight excluding hydrogens is 135 g/mol. The molecule has 2 nitrogen and oxygen atoms in total. The van der Waals surface area contributed by atoms with Gasteiger partial charge in [0.25, 0.3) is 0 Å². The summed E-state index contributed by atoms with van der Waals surface area (Å²) in [5.74, 6) is 0. The van der Waals surface area contributed by atoms with Crippen LogP contribution in [0.5, 0.6) is 0 Å². The van der Waals surface area contributed by atoms with Gasteiger partial charge in [0.1, 0.15) is 6.10 Å². The van der Waals surface area contributed by atoms with Crippen LogP contribution in [0.3, 0.4) is 0 Å². The second-order valence-corrected chi connectivity index (χ2v) is 4.35. The van der Waals surface area contributed by atoms with Crippen molar-refractivity contribution in [3.05, 3.63) is 0 Å². The maximum absolute atomic E-state index is 10.9. The van der Waals surface area contributed by atoms with E-state index in [1.165, 1.54) is 0 Å². The van der Waals surface area contributed by atoms with Crippen LogP contribution in [-0.2, 0) is 9.09 Å². The molecule has 0 N–H and O–H groups in total. The molecule has 9 heavy (non-hydrogen) atoms. The van der Waals surface area contributed by atoms with Crippen LogP contribution < -0.4 is 0 Å². The maximum Gasteiger partial charge on any atom is 0.510 e. The quantitative estimate of drug-likeness (QED) is 0.576. The number of rotatable bonds is 3. The SMILES string of the molecule is CC(C)O[P+](=O)C(C)C. The maximum atomic E-state index is 10.9. The monoisotopic (exact) mass is 149 g/mol. The van der Waals surface area contributed by atoms with Crippen LogP contribution in [0.2, 0.25) is 0 Å². The molecule has 0 fully saturated rings. The first-order valence-electron chi connectivity index (χ1n) is 3.17. The molecule has 0 saturated carbocycles. The smallest absolute Gasteiger partial charge is 0.143 e. The molecule has 0 aromatic heterocycles. The van der Waals surface area contributed by atoms with Crippen molar-refractivity contribution in [3.8, 4) is 0 Å². The van der Waals surface area contributed by atoms with Gasteiger partial charge in [-0.3, -0.25) is 0 Å². The highest BCUT2D eigenvalue weighted by atomic mass is 31.1. The Hall–Kier alpha value is 0.0600. The van der Waals surface area contributed by atoms with Crippen molar-refractivity contribution in [3.63, 3.8) is 0 Å². The topological polar surface area (TPSA) is 26.3 Å². The Morgan fingerprint density at radius 3 is 1.78 bits per heavy atom. The second kappa shape index (κ2) is 3.97. The van der Waals surface area contributed by atoms with Crippen molar-refractivity contribution >= 4 is 8.03 Å². The number of hydrogen-bond acceptors (Lipinski definition) is 2. The summed E-state index contributed by atoms with van der Waals surface area (Å²) in [7, 11) is -1.43. The Morgan fingerprint density at radius 2 is 1.67 bits per heavy atom. The molecule has 54 valence electrons. The van der Waals surface area contributed by atoms with Gasteiger partial charge in [-0.25, -0.2) is 0 Å². The normalized spacial score (nSPS) is 12.9. The molecule has 0 aliphatic rings. The van der Waals surface area contributed by atoms with Gasteiger partial charge in [-0.1, -0.05) is 0 Å². The lowest BCUT2D eigenvalue weighted by Gasteiger charge is -1.94. The highest BCUT2D eigenvalue weighted by Gasteiger charge is 2.24. The molecule has 0 aromatic carbocycles. The molecule has 0 radical (unpaired) electrons. The summed E-state index contributed by atoms with van der Waals surface area (Å²) in [6.07, 6.45) is 0.0796. The Bertz CT molecular complexity index is 99.2. The van der Waals surface area contributed by atoms with Crippen molar-refractivity contribution in [1.29, 1.82) is 0 Å². The van der Waals surface area contributed by atoms with Crippen LogP contribution in [-0.4, -0.2) is 11.8 Å². The molecule has 0 saturated heterocycles. The summed E-state index contributed by atoms with van der Waals surface area (Å²) >= 11 is 0. The lowest BCUT2D eigenvalue weighted by Crippen LogP contribution is -1.98. The highest BCUT2D eigenvalue weighted by molar-refractivity contribution is 7.39. The van der Waals surface area contributed by atoms with Gasteiger partial charge < -0.3 is 0 Å². The van der Waals surface area contributed by atoms with Crippen LogP contribution in [0.4, 0.5) is 0 Å². The fraction of sp³-hybridized carbons (Fsp3) is 1.00. The van der Waals surface area contributed by atoms with Gasteiger partial charge in [0.05, 0.1) is 0 Å². The minimum absolute atomic E-state index is 0.0796. The van der Waals surface area contributed by atoms with Gasteiger partial charge in [0.2, 0.25) is 0 Å². The minimum atomic E-state index is -1.43.